The Morgan fingerprint density at radius 2 is 0.463 bits per heavy atom. The number of hydrogen-bond acceptors (Lipinski definition) is 6. The van der Waals surface area contributed by atoms with Gasteiger partial charge in [0.2, 0.25) is 0 Å². The van der Waals surface area contributed by atoms with Crippen LogP contribution in [0.3, 0.4) is 0 Å². The van der Waals surface area contributed by atoms with E-state index in [2.05, 4.69) is 346 Å². The van der Waals surface area contributed by atoms with Crippen molar-refractivity contribution < 1.29 is 18.9 Å². The zero-order valence-corrected chi connectivity index (χ0v) is 69.4. The van der Waals surface area contributed by atoms with Crippen LogP contribution in [-0.2, 0) is 43.3 Å². The third-order valence-electron chi connectivity index (χ3n) is 26.3. The summed E-state index contributed by atoms with van der Waals surface area (Å²) >= 11 is 0. The molecule has 3 aromatic heterocycles. The highest BCUT2D eigenvalue weighted by Crippen LogP contribution is 2.50. The Morgan fingerprint density at radius 3 is 0.722 bits per heavy atom. The van der Waals surface area contributed by atoms with E-state index < -0.39 is 0 Å². The minimum atomic E-state index is -0.147. The van der Waals surface area contributed by atoms with E-state index in [9.17, 15) is 0 Å². The number of benzene rings is 8. The topological polar surface area (TPSA) is 94.3 Å². The Morgan fingerprint density at radius 1 is 0.231 bits per heavy atom. The van der Waals surface area contributed by atoms with Gasteiger partial charge in [-0.05, 0) is 238 Å². The molecule has 0 atom stereocenters. The number of aromatic amines is 2. The van der Waals surface area contributed by atoms with Crippen molar-refractivity contribution in [3.8, 4) is 91.0 Å². The van der Waals surface area contributed by atoms with E-state index in [1.807, 2.05) is 0 Å². The molecule has 0 amide bonds. The molecule has 0 spiro atoms. The van der Waals surface area contributed by atoms with E-state index in [0.717, 1.165) is 186 Å². The first-order chi connectivity index (χ1) is 51.0. The van der Waals surface area contributed by atoms with Gasteiger partial charge in [0.25, 0.3) is 0 Å². The standard InChI is InChI=1S/C100H118N4O4/c1-25-93(9,10)61-33-45-89(77(49-61)97(17,18)29-5)105-65-37-41-69-73(53-65)85-57-82-70-42-38-66(106-90-46-34-62(94(11,12)26-2)50-78(90)98(19,20)30-6)54-74(70)87(102-82)59-84-72-44-40-68(108-92-48-36-64(96(15,16)28-4)52-80(92)100(23,24)32-8)56-76(72)88(104-84)60-83-71-43-39-67(55-75(71)86(103-83)58-81(69)101-85)107-91-47-35-63(95(13,14)27-3)51-79(91)99(21,22)31-7/h33-60,101,104H,25-32H2,1-24H3. The van der Waals surface area contributed by atoms with Gasteiger partial charge in [-0.15, -0.1) is 0 Å². The summed E-state index contributed by atoms with van der Waals surface area (Å²) in [5.41, 5.74) is 20.2. The second-order valence-corrected chi connectivity index (χ2v) is 36.2. The molecule has 2 aliphatic heterocycles. The number of aromatic nitrogens is 4. The molecule has 108 heavy (non-hydrogen) atoms. The summed E-state index contributed by atoms with van der Waals surface area (Å²) in [6.45, 7) is 55.4. The number of H-pyrrole nitrogens is 2. The van der Waals surface area contributed by atoms with Crippen molar-refractivity contribution in [3.63, 3.8) is 0 Å². The van der Waals surface area contributed by atoms with E-state index in [-0.39, 0.29) is 43.3 Å². The smallest absolute Gasteiger partial charge is 0.131 e. The third kappa shape index (κ3) is 14.5. The number of fused-ring (bicyclic) bond motifs is 20. The van der Waals surface area contributed by atoms with Crippen LogP contribution in [0.25, 0.3) is 88.6 Å². The lowest BCUT2D eigenvalue weighted by atomic mass is 9.76. The molecule has 0 saturated carbocycles. The van der Waals surface area contributed by atoms with E-state index in [4.69, 9.17) is 28.9 Å². The molecular weight excluding hydrogens is 1320 g/mol. The Bertz CT molecular complexity index is 5130. The van der Waals surface area contributed by atoms with Crippen LogP contribution in [0.2, 0.25) is 0 Å². The maximum Gasteiger partial charge on any atom is 0.131 e. The Hall–Kier alpha value is -9.40. The molecule has 0 unspecified atom stereocenters. The molecule has 562 valence electrons. The summed E-state index contributed by atoms with van der Waals surface area (Å²) in [7, 11) is 0. The minimum Gasteiger partial charge on any atom is -0.457 e. The Balaban J connectivity index is 1.07. The molecule has 8 bridgehead atoms. The van der Waals surface area contributed by atoms with Crippen molar-refractivity contribution in [2.75, 3.05) is 0 Å². The van der Waals surface area contributed by atoms with Crippen LogP contribution in [0.4, 0.5) is 0 Å². The molecule has 0 aliphatic carbocycles. The predicted octanol–water partition coefficient (Wildman–Crippen LogP) is 30.0. The maximum atomic E-state index is 7.20. The molecule has 11 aromatic rings. The fraction of sp³-hybridized carbons (Fsp3) is 0.400. The first-order valence-electron chi connectivity index (χ1n) is 40.2. The van der Waals surface area contributed by atoms with Crippen LogP contribution < -0.4 is 18.9 Å². The van der Waals surface area contributed by atoms with Crippen LogP contribution in [0.5, 0.6) is 46.0 Å². The second kappa shape index (κ2) is 28.6. The molecule has 8 nitrogen and oxygen atoms in total. The molecule has 2 N–H and O–H groups in total. The van der Waals surface area contributed by atoms with Crippen LogP contribution in [0.1, 0.15) is 262 Å². The van der Waals surface area contributed by atoms with Crippen molar-refractivity contribution in [2.24, 2.45) is 0 Å². The zero-order valence-electron chi connectivity index (χ0n) is 69.4. The van der Waals surface area contributed by atoms with Gasteiger partial charge in [-0.3, -0.25) is 0 Å². The second-order valence-electron chi connectivity index (χ2n) is 36.2. The number of ether oxygens (including phenoxy) is 4. The lowest BCUT2D eigenvalue weighted by Crippen LogP contribution is -2.20. The highest BCUT2D eigenvalue weighted by molar-refractivity contribution is 6.11. The molecule has 0 saturated heterocycles. The summed E-state index contributed by atoms with van der Waals surface area (Å²) in [5.74, 6) is 6.39. The largest absolute Gasteiger partial charge is 0.457 e. The average Bonchev–Trinajstić information content (AvgIpc) is 1.55. The fourth-order valence-corrected chi connectivity index (χ4v) is 15.0. The molecule has 0 fully saturated rings. The molecule has 5 heterocycles. The lowest BCUT2D eigenvalue weighted by molar-refractivity contribution is 0.432. The summed E-state index contributed by atoms with van der Waals surface area (Å²) < 4.78 is 28.8. The number of nitrogens with one attached hydrogen (secondary N) is 2. The van der Waals surface area contributed by atoms with Crippen LogP contribution >= 0.6 is 0 Å². The van der Waals surface area contributed by atoms with Gasteiger partial charge >= 0.3 is 0 Å². The van der Waals surface area contributed by atoms with E-state index in [1.54, 1.807) is 0 Å². The minimum absolute atomic E-state index is 0.00547. The molecule has 2 aliphatic rings. The van der Waals surface area contributed by atoms with Crippen molar-refractivity contribution in [3.05, 3.63) is 214 Å². The summed E-state index contributed by atoms with van der Waals surface area (Å²) in [5, 5.41) is 4.01. The van der Waals surface area contributed by atoms with Crippen molar-refractivity contribution >= 4 is 43.6 Å². The van der Waals surface area contributed by atoms with Gasteiger partial charge in [-0.1, -0.05) is 215 Å². The van der Waals surface area contributed by atoms with Gasteiger partial charge in [-0.25, -0.2) is 9.97 Å². The summed E-state index contributed by atoms with van der Waals surface area (Å²) in [6, 6.07) is 62.2. The van der Waals surface area contributed by atoms with E-state index in [0.29, 0.717) is 0 Å². The molecule has 13 rings (SSSR count). The first-order valence-corrected chi connectivity index (χ1v) is 40.2. The maximum absolute atomic E-state index is 7.20. The Kier molecular flexibility index (Phi) is 20.3. The Labute approximate surface area is 644 Å². The van der Waals surface area contributed by atoms with Crippen LogP contribution in [0, 0.1) is 0 Å². The fourth-order valence-electron chi connectivity index (χ4n) is 15.0. The lowest BCUT2D eigenvalue weighted by Gasteiger charge is -2.30. The van der Waals surface area contributed by atoms with E-state index >= 15 is 0 Å². The number of nitrogens with zero attached hydrogens (tertiary/aromatic N) is 2. The van der Waals surface area contributed by atoms with Gasteiger partial charge in [0, 0.05) is 88.1 Å². The normalized spacial score (nSPS) is 13.1. The quantitative estimate of drug-likeness (QED) is 0.0626. The highest BCUT2D eigenvalue weighted by atomic mass is 16.5. The van der Waals surface area contributed by atoms with Gasteiger partial charge in [0.05, 0.1) is 22.8 Å². The van der Waals surface area contributed by atoms with Crippen LogP contribution in [-0.4, -0.2) is 19.9 Å². The summed E-state index contributed by atoms with van der Waals surface area (Å²) in [6.07, 6.45) is 7.91. The predicted molar refractivity (Wildman–Crippen MR) is 457 cm³/mol. The van der Waals surface area contributed by atoms with Crippen LogP contribution in [0.15, 0.2) is 170 Å². The molecule has 8 heteroatoms. The van der Waals surface area contributed by atoms with Gasteiger partial charge in [0.15, 0.2) is 0 Å². The zero-order chi connectivity index (χ0) is 77.6. The van der Waals surface area contributed by atoms with Crippen molar-refractivity contribution in [1.82, 2.24) is 19.9 Å². The van der Waals surface area contributed by atoms with Crippen molar-refractivity contribution in [2.45, 2.75) is 261 Å². The monoisotopic (exact) mass is 1440 g/mol. The highest BCUT2D eigenvalue weighted by Gasteiger charge is 2.34. The third-order valence-corrected chi connectivity index (χ3v) is 26.3. The number of rotatable bonds is 24. The van der Waals surface area contributed by atoms with E-state index in [1.165, 1.54) is 44.5 Å². The SMILES string of the molecule is CCC(C)(C)c1ccc(Oc2ccc3c(c2)-c2cc4[nH]c(cc5nc(cc6[nH]c(cc-3n2)c2cc(Oc3ccc(C(C)(C)CC)cc3C(C)(C)CC)ccc62)-c2cc(Oc3ccc(C(C)(C)CC)cc3C(C)(C)CC)ccc2-5)c2cc(Oc3ccc(C(C)(C)CC)cc3C(C)(C)CC)ccc42)c(C(C)(C)CC)c1. The first kappa shape index (κ1) is 76.8. The van der Waals surface area contributed by atoms with Gasteiger partial charge in [-0.2, -0.15) is 0 Å². The molecule has 0 radical (unpaired) electrons. The van der Waals surface area contributed by atoms with Gasteiger partial charge in [0.1, 0.15) is 46.0 Å². The van der Waals surface area contributed by atoms with Gasteiger partial charge < -0.3 is 28.9 Å². The molecule has 8 aromatic carbocycles. The average molecular weight is 1440 g/mol. The molecular formula is C100H118N4O4. The number of hydrogen-bond donors (Lipinski definition) is 2. The summed E-state index contributed by atoms with van der Waals surface area (Å²) in [4.78, 5) is 19.4. The van der Waals surface area contributed by atoms with Crippen molar-refractivity contribution in [1.29, 1.82) is 0 Å².